The van der Waals surface area contributed by atoms with Crippen molar-refractivity contribution in [1.29, 1.82) is 0 Å². The molecule has 1 saturated carbocycles. The van der Waals surface area contributed by atoms with Gasteiger partial charge in [0.25, 0.3) is 0 Å². The predicted molar refractivity (Wildman–Crippen MR) is 34.8 cm³/mol. The summed E-state index contributed by atoms with van der Waals surface area (Å²) in [6.07, 6.45) is 9.00. The van der Waals surface area contributed by atoms with E-state index in [-0.39, 0.29) is 0 Å². The van der Waals surface area contributed by atoms with E-state index in [2.05, 4.69) is 0 Å². The van der Waals surface area contributed by atoms with Crippen molar-refractivity contribution in [3.05, 3.63) is 0 Å². The Kier molecular flexibility index (Phi) is 6.39. The van der Waals surface area contributed by atoms with Crippen LogP contribution in [0.15, 0.2) is 0 Å². The normalized spacial score (nSPS) is 18.5. The van der Waals surface area contributed by atoms with Crippen LogP contribution in [0.4, 0.5) is 0 Å². The summed E-state index contributed by atoms with van der Waals surface area (Å²) in [6.45, 7) is 2.00. The number of hydrogen-bond acceptors (Lipinski definition) is 1. The SMILES string of the molecule is C1CCCCC1.C=O. The molecule has 0 aromatic heterocycles. The monoisotopic (exact) mass is 114 g/mol. The van der Waals surface area contributed by atoms with Crippen molar-refractivity contribution in [3.63, 3.8) is 0 Å². The molecule has 0 spiro atoms. The average molecular weight is 114 g/mol. The van der Waals surface area contributed by atoms with Gasteiger partial charge in [-0.3, -0.25) is 0 Å². The van der Waals surface area contributed by atoms with Gasteiger partial charge in [-0.05, 0) is 0 Å². The molecule has 0 saturated heterocycles. The standard InChI is InChI=1S/C6H12.CH2O/c1-2-4-6-5-3-1;1-2/h1-6H2;1H2. The molecule has 0 heterocycles. The minimum absolute atomic E-state index is 1.50. The zero-order valence-corrected chi connectivity index (χ0v) is 5.36. The van der Waals surface area contributed by atoms with Crippen LogP contribution in [0.5, 0.6) is 0 Å². The summed E-state index contributed by atoms with van der Waals surface area (Å²) >= 11 is 0. The van der Waals surface area contributed by atoms with Gasteiger partial charge in [0.15, 0.2) is 0 Å². The highest BCUT2D eigenvalue weighted by atomic mass is 16.1. The summed E-state index contributed by atoms with van der Waals surface area (Å²) in [5.74, 6) is 0. The van der Waals surface area contributed by atoms with Gasteiger partial charge in [0.05, 0.1) is 0 Å². The van der Waals surface area contributed by atoms with Crippen LogP contribution in [-0.2, 0) is 4.79 Å². The van der Waals surface area contributed by atoms with Crippen LogP contribution in [-0.4, -0.2) is 6.79 Å². The first-order valence-corrected chi connectivity index (χ1v) is 3.29. The molecule has 48 valence electrons. The largest absolute Gasteiger partial charge is 0.307 e. The van der Waals surface area contributed by atoms with Crippen molar-refractivity contribution >= 4 is 6.79 Å². The lowest BCUT2D eigenvalue weighted by molar-refractivity contribution is -0.0979. The topological polar surface area (TPSA) is 17.1 Å². The summed E-state index contributed by atoms with van der Waals surface area (Å²) in [7, 11) is 0. The van der Waals surface area contributed by atoms with E-state index >= 15 is 0 Å². The van der Waals surface area contributed by atoms with E-state index in [1.807, 2.05) is 6.79 Å². The van der Waals surface area contributed by atoms with Gasteiger partial charge in [0.1, 0.15) is 6.79 Å². The number of hydrogen-bond donors (Lipinski definition) is 0. The molecule has 1 fully saturated rings. The van der Waals surface area contributed by atoms with Crippen LogP contribution in [0.2, 0.25) is 0 Å². The van der Waals surface area contributed by atoms with E-state index in [1.165, 1.54) is 38.5 Å². The maximum absolute atomic E-state index is 8.00. The lowest BCUT2D eigenvalue weighted by Gasteiger charge is -2.05. The highest BCUT2D eigenvalue weighted by molar-refractivity contribution is 5.10. The van der Waals surface area contributed by atoms with Crippen LogP contribution in [0.1, 0.15) is 38.5 Å². The number of carbonyl (C=O) groups is 1. The zero-order chi connectivity index (χ0) is 6.24. The predicted octanol–water partition coefficient (Wildman–Crippen LogP) is 2.16. The second kappa shape index (κ2) is 6.67. The third kappa shape index (κ3) is 3.85. The smallest absolute Gasteiger partial charge is 0.106 e. The van der Waals surface area contributed by atoms with Gasteiger partial charge in [-0.1, -0.05) is 38.5 Å². The number of carbonyl (C=O) groups excluding carboxylic acids is 1. The Balaban J connectivity index is 0.000000222. The quantitative estimate of drug-likeness (QED) is 0.471. The van der Waals surface area contributed by atoms with Gasteiger partial charge in [-0.25, -0.2) is 0 Å². The van der Waals surface area contributed by atoms with Crippen molar-refractivity contribution in [2.45, 2.75) is 38.5 Å². The molecule has 1 aliphatic carbocycles. The lowest BCUT2D eigenvalue weighted by Crippen LogP contribution is -1.85. The minimum atomic E-state index is 1.50. The molecule has 0 atom stereocenters. The van der Waals surface area contributed by atoms with E-state index in [9.17, 15) is 0 Å². The van der Waals surface area contributed by atoms with Crippen LogP contribution in [0.3, 0.4) is 0 Å². The highest BCUT2D eigenvalue weighted by Gasteiger charge is 1.95. The first-order chi connectivity index (χ1) is 4.00. The Bertz CT molecular complexity index is 28.1. The van der Waals surface area contributed by atoms with Gasteiger partial charge >= 0.3 is 0 Å². The fourth-order valence-electron chi connectivity index (χ4n) is 1.06. The minimum Gasteiger partial charge on any atom is -0.307 e. The molecule has 1 nitrogen and oxygen atoms in total. The van der Waals surface area contributed by atoms with Crippen LogP contribution >= 0.6 is 0 Å². The van der Waals surface area contributed by atoms with Crippen molar-refractivity contribution in [2.75, 3.05) is 0 Å². The molecular weight excluding hydrogens is 100 g/mol. The first-order valence-electron chi connectivity index (χ1n) is 3.29. The molecule has 1 aliphatic rings. The highest BCUT2D eigenvalue weighted by Crippen LogP contribution is 2.15. The Hall–Kier alpha value is -0.330. The van der Waals surface area contributed by atoms with Crippen molar-refractivity contribution in [1.82, 2.24) is 0 Å². The van der Waals surface area contributed by atoms with Crippen LogP contribution in [0.25, 0.3) is 0 Å². The van der Waals surface area contributed by atoms with Crippen molar-refractivity contribution in [2.24, 2.45) is 0 Å². The molecule has 0 radical (unpaired) electrons. The van der Waals surface area contributed by atoms with Gasteiger partial charge in [0, 0.05) is 0 Å². The maximum atomic E-state index is 8.00. The van der Waals surface area contributed by atoms with E-state index in [0.29, 0.717) is 0 Å². The molecule has 0 aliphatic heterocycles. The summed E-state index contributed by atoms with van der Waals surface area (Å²) < 4.78 is 0. The van der Waals surface area contributed by atoms with Gasteiger partial charge in [-0.2, -0.15) is 0 Å². The van der Waals surface area contributed by atoms with Gasteiger partial charge < -0.3 is 4.79 Å². The maximum Gasteiger partial charge on any atom is 0.106 e. The molecule has 0 bridgehead atoms. The average Bonchev–Trinajstić information content (AvgIpc) is 1.96. The van der Waals surface area contributed by atoms with Gasteiger partial charge in [0.2, 0.25) is 0 Å². The molecule has 1 heteroatoms. The fraction of sp³-hybridized carbons (Fsp3) is 0.857. The second-order valence-corrected chi connectivity index (χ2v) is 2.12. The molecule has 0 unspecified atom stereocenters. The van der Waals surface area contributed by atoms with E-state index < -0.39 is 0 Å². The van der Waals surface area contributed by atoms with Gasteiger partial charge in [-0.15, -0.1) is 0 Å². The molecule has 8 heavy (non-hydrogen) atoms. The third-order valence-electron chi connectivity index (χ3n) is 1.50. The Labute approximate surface area is 51.1 Å². The van der Waals surface area contributed by atoms with E-state index in [0.717, 1.165) is 0 Å². The summed E-state index contributed by atoms with van der Waals surface area (Å²) in [6, 6.07) is 0. The Morgan fingerprint density at radius 3 is 0.875 bits per heavy atom. The molecular formula is C7H14O. The molecule has 0 aromatic carbocycles. The van der Waals surface area contributed by atoms with Crippen LogP contribution in [0, 0.1) is 0 Å². The molecule has 0 aromatic rings. The second-order valence-electron chi connectivity index (χ2n) is 2.12. The fourth-order valence-corrected chi connectivity index (χ4v) is 1.06. The van der Waals surface area contributed by atoms with Crippen molar-refractivity contribution < 1.29 is 4.79 Å². The number of rotatable bonds is 0. The summed E-state index contributed by atoms with van der Waals surface area (Å²) in [5.41, 5.74) is 0. The Morgan fingerprint density at radius 2 is 0.750 bits per heavy atom. The third-order valence-corrected chi connectivity index (χ3v) is 1.50. The molecule has 0 amide bonds. The van der Waals surface area contributed by atoms with E-state index in [1.54, 1.807) is 0 Å². The molecule has 0 N–H and O–H groups in total. The lowest BCUT2D eigenvalue weighted by atomic mass is 10.0. The summed E-state index contributed by atoms with van der Waals surface area (Å²) in [5, 5.41) is 0. The van der Waals surface area contributed by atoms with Crippen LogP contribution < -0.4 is 0 Å². The zero-order valence-electron chi connectivity index (χ0n) is 5.36. The van der Waals surface area contributed by atoms with E-state index in [4.69, 9.17) is 4.79 Å². The van der Waals surface area contributed by atoms with Crippen molar-refractivity contribution in [3.8, 4) is 0 Å². The first kappa shape index (κ1) is 7.67. The molecule has 1 rings (SSSR count). The summed E-state index contributed by atoms with van der Waals surface area (Å²) in [4.78, 5) is 8.00. The Morgan fingerprint density at radius 1 is 0.625 bits per heavy atom.